The zero-order chi connectivity index (χ0) is 19.1. The van der Waals surface area contributed by atoms with Crippen molar-refractivity contribution in [2.24, 2.45) is 5.10 Å². The topological polar surface area (TPSA) is 59.9 Å². The third kappa shape index (κ3) is 6.11. The third-order valence-electron chi connectivity index (χ3n) is 3.18. The van der Waals surface area contributed by atoms with Crippen molar-refractivity contribution >= 4 is 57.3 Å². The van der Waals surface area contributed by atoms with Crippen LogP contribution in [0.4, 0.5) is 0 Å². The number of nitrogens with one attached hydrogen (secondary N) is 1. The molecule has 7 heteroatoms. The van der Waals surface area contributed by atoms with Crippen LogP contribution in [0.3, 0.4) is 0 Å². The minimum atomic E-state index is -0.270. The number of carbonyl (C=O) groups is 1. The Bertz CT molecular complexity index is 767. The van der Waals surface area contributed by atoms with E-state index >= 15 is 0 Å². The third-order valence-corrected chi connectivity index (χ3v) is 4.78. The molecule has 2 rings (SSSR count). The van der Waals surface area contributed by atoms with Crippen LogP contribution < -0.4 is 14.9 Å². The van der Waals surface area contributed by atoms with E-state index in [0.29, 0.717) is 12.2 Å². The number of halogens is 2. The van der Waals surface area contributed by atoms with Gasteiger partial charge in [-0.2, -0.15) is 5.10 Å². The van der Waals surface area contributed by atoms with Crippen LogP contribution in [0.25, 0.3) is 0 Å². The molecule has 138 valence electrons. The second-order valence-corrected chi connectivity index (χ2v) is 7.96. The summed E-state index contributed by atoms with van der Waals surface area (Å²) >= 11 is 4.48. The van der Waals surface area contributed by atoms with Gasteiger partial charge in [0.2, 0.25) is 0 Å². The highest BCUT2D eigenvalue weighted by Gasteiger charge is 2.10. The van der Waals surface area contributed by atoms with Crippen molar-refractivity contribution in [2.45, 2.75) is 26.9 Å². The molecule has 1 N–H and O–H groups in total. The molecule has 2 aromatic carbocycles. The summed E-state index contributed by atoms with van der Waals surface area (Å²) in [4.78, 5) is 12.1. The number of hydrazone groups is 1. The summed E-state index contributed by atoms with van der Waals surface area (Å²) in [6.45, 7) is 6.50. The molecule has 0 atom stereocenters. The highest BCUT2D eigenvalue weighted by Crippen LogP contribution is 2.29. The molecular formula is C19H20I2N2O3. The fourth-order valence-electron chi connectivity index (χ4n) is 2.10. The number of hydrogen-bond acceptors (Lipinski definition) is 4. The van der Waals surface area contributed by atoms with E-state index < -0.39 is 0 Å². The Morgan fingerprint density at radius 1 is 1.19 bits per heavy atom. The van der Waals surface area contributed by atoms with Crippen LogP contribution in [0.15, 0.2) is 41.5 Å². The fraction of sp³-hybridized carbons (Fsp3) is 0.263. The quantitative estimate of drug-likeness (QED) is 0.291. The summed E-state index contributed by atoms with van der Waals surface area (Å²) in [6.07, 6.45) is 1.74. The lowest BCUT2D eigenvalue weighted by molar-refractivity contribution is 0.0955. The Hall–Kier alpha value is -1.36. The van der Waals surface area contributed by atoms with Crippen molar-refractivity contribution in [3.63, 3.8) is 0 Å². The predicted molar refractivity (Wildman–Crippen MR) is 120 cm³/mol. The first-order valence-corrected chi connectivity index (χ1v) is 10.3. The summed E-state index contributed by atoms with van der Waals surface area (Å²) < 4.78 is 13.2. The van der Waals surface area contributed by atoms with Crippen molar-refractivity contribution in [3.8, 4) is 11.5 Å². The van der Waals surface area contributed by atoms with Gasteiger partial charge < -0.3 is 9.47 Å². The van der Waals surface area contributed by atoms with Gasteiger partial charge in [0.05, 0.1) is 26.1 Å². The van der Waals surface area contributed by atoms with E-state index in [0.717, 1.165) is 24.2 Å². The van der Waals surface area contributed by atoms with Gasteiger partial charge in [0.25, 0.3) is 5.91 Å². The van der Waals surface area contributed by atoms with Gasteiger partial charge in [-0.25, -0.2) is 5.43 Å². The van der Waals surface area contributed by atoms with Crippen LogP contribution >= 0.6 is 45.2 Å². The maximum Gasteiger partial charge on any atom is 0.271 e. The Labute approximate surface area is 180 Å². The number of nitrogens with zero attached hydrogens (tertiary/aromatic N) is 1. The van der Waals surface area contributed by atoms with Gasteiger partial charge in [-0.05, 0) is 108 Å². The molecule has 0 aromatic heterocycles. The summed E-state index contributed by atoms with van der Waals surface area (Å²) in [5.41, 5.74) is 3.95. The van der Waals surface area contributed by atoms with E-state index in [1.54, 1.807) is 30.5 Å². The lowest BCUT2D eigenvalue weighted by Crippen LogP contribution is -2.17. The molecule has 0 saturated carbocycles. The molecule has 0 fully saturated rings. The van der Waals surface area contributed by atoms with E-state index in [-0.39, 0.29) is 12.0 Å². The molecule has 0 aliphatic rings. The zero-order valence-electron chi connectivity index (χ0n) is 14.8. The highest BCUT2D eigenvalue weighted by molar-refractivity contribution is 14.1. The predicted octanol–water partition coefficient (Wildman–Crippen LogP) is 4.85. The maximum atomic E-state index is 12.1. The van der Waals surface area contributed by atoms with Gasteiger partial charge in [0.15, 0.2) is 0 Å². The molecule has 26 heavy (non-hydrogen) atoms. The van der Waals surface area contributed by atoms with Gasteiger partial charge in [0.1, 0.15) is 11.5 Å². The monoisotopic (exact) mass is 578 g/mol. The summed E-state index contributed by atoms with van der Waals surface area (Å²) in [5, 5.41) is 4.05. The largest absolute Gasteiger partial charge is 0.494 e. The smallest absolute Gasteiger partial charge is 0.271 e. The standard InChI is InChI=1S/C19H20I2N2O3/c1-4-25-15-7-5-14(6-8-15)19(24)23-22-11-13-9-16(20)18(17(21)10-13)26-12(2)3/h5-12H,4H2,1-3H3,(H,23,24)/b22-11+. The average molecular weight is 578 g/mol. The molecule has 0 unspecified atom stereocenters. The first-order chi connectivity index (χ1) is 12.4. The van der Waals surface area contributed by atoms with Crippen molar-refractivity contribution in [1.82, 2.24) is 5.43 Å². The summed E-state index contributed by atoms with van der Waals surface area (Å²) in [7, 11) is 0. The second-order valence-electron chi connectivity index (χ2n) is 5.64. The molecule has 0 aliphatic heterocycles. The van der Waals surface area contributed by atoms with Crippen molar-refractivity contribution in [1.29, 1.82) is 0 Å². The summed E-state index contributed by atoms with van der Waals surface area (Å²) in [6, 6.07) is 10.9. The first kappa shape index (κ1) is 20.9. The van der Waals surface area contributed by atoms with E-state index in [9.17, 15) is 4.79 Å². The van der Waals surface area contributed by atoms with Crippen LogP contribution in [0.1, 0.15) is 36.7 Å². The number of benzene rings is 2. The van der Waals surface area contributed by atoms with Gasteiger partial charge >= 0.3 is 0 Å². The molecule has 0 bridgehead atoms. The number of ether oxygens (including phenoxy) is 2. The first-order valence-electron chi connectivity index (χ1n) is 8.12. The van der Waals surface area contributed by atoms with E-state index in [1.165, 1.54) is 0 Å². The normalized spacial score (nSPS) is 11.0. The molecule has 5 nitrogen and oxygen atoms in total. The lowest BCUT2D eigenvalue weighted by Gasteiger charge is -2.14. The fourth-order valence-corrected chi connectivity index (χ4v) is 4.17. The van der Waals surface area contributed by atoms with Crippen LogP contribution in [0, 0.1) is 7.14 Å². The van der Waals surface area contributed by atoms with Gasteiger partial charge in [-0.15, -0.1) is 0 Å². The molecular weight excluding hydrogens is 558 g/mol. The minimum absolute atomic E-state index is 0.116. The number of amides is 1. The Morgan fingerprint density at radius 2 is 1.81 bits per heavy atom. The Kier molecular flexibility index (Phi) is 8.14. The van der Waals surface area contributed by atoms with Crippen LogP contribution in [-0.4, -0.2) is 24.8 Å². The molecule has 0 saturated heterocycles. The molecule has 0 heterocycles. The second kappa shape index (κ2) is 10.1. The molecule has 0 spiro atoms. The van der Waals surface area contributed by atoms with Gasteiger partial charge in [-0.1, -0.05) is 0 Å². The zero-order valence-corrected chi connectivity index (χ0v) is 19.1. The van der Waals surface area contributed by atoms with Crippen LogP contribution in [0.5, 0.6) is 11.5 Å². The van der Waals surface area contributed by atoms with Crippen LogP contribution in [0.2, 0.25) is 0 Å². The van der Waals surface area contributed by atoms with Crippen molar-refractivity contribution < 1.29 is 14.3 Å². The average Bonchev–Trinajstić information content (AvgIpc) is 2.59. The Morgan fingerprint density at radius 3 is 2.35 bits per heavy atom. The number of carbonyl (C=O) groups excluding carboxylic acids is 1. The Balaban J connectivity index is 2.02. The number of rotatable bonds is 7. The molecule has 0 radical (unpaired) electrons. The lowest BCUT2D eigenvalue weighted by atomic mass is 10.2. The van der Waals surface area contributed by atoms with E-state index in [4.69, 9.17) is 9.47 Å². The molecule has 0 aliphatic carbocycles. The minimum Gasteiger partial charge on any atom is -0.494 e. The highest BCUT2D eigenvalue weighted by atomic mass is 127. The SMILES string of the molecule is CCOc1ccc(C(=O)N/N=C/c2cc(I)c(OC(C)C)c(I)c2)cc1. The summed E-state index contributed by atoms with van der Waals surface area (Å²) in [5.74, 6) is 1.34. The maximum absolute atomic E-state index is 12.1. The van der Waals surface area contributed by atoms with Crippen LogP contribution in [-0.2, 0) is 0 Å². The molecule has 2 aromatic rings. The number of hydrogen-bond donors (Lipinski definition) is 1. The van der Waals surface area contributed by atoms with Gasteiger partial charge in [-0.3, -0.25) is 4.79 Å². The van der Waals surface area contributed by atoms with Gasteiger partial charge in [0, 0.05) is 5.56 Å². The molecule has 1 amide bonds. The van der Waals surface area contributed by atoms with E-state index in [2.05, 4.69) is 55.7 Å². The van der Waals surface area contributed by atoms with E-state index in [1.807, 2.05) is 32.9 Å². The van der Waals surface area contributed by atoms with Crippen molar-refractivity contribution in [3.05, 3.63) is 54.7 Å². The van der Waals surface area contributed by atoms with Crippen molar-refractivity contribution in [2.75, 3.05) is 6.61 Å².